The van der Waals surface area contributed by atoms with Crippen LogP contribution in [0.3, 0.4) is 0 Å². The first-order chi connectivity index (χ1) is 19.7. The number of carbonyl (C=O) groups is 3. The Kier molecular flexibility index (Phi) is 8.44. The molecule has 5 rings (SSSR count). The van der Waals surface area contributed by atoms with Crippen LogP contribution in [0.15, 0.2) is 24.4 Å². The molecule has 3 aliphatic carbocycles. The molecule has 228 valence electrons. The second-order valence-electron chi connectivity index (χ2n) is 12.6. The Morgan fingerprint density at radius 3 is 2.17 bits per heavy atom. The van der Waals surface area contributed by atoms with Crippen molar-refractivity contribution in [2.24, 2.45) is 16.7 Å². The van der Waals surface area contributed by atoms with Gasteiger partial charge in [0, 0.05) is 12.5 Å². The van der Waals surface area contributed by atoms with Crippen molar-refractivity contribution in [3.8, 4) is 0 Å². The topological polar surface area (TPSA) is 101 Å². The molecule has 42 heavy (non-hydrogen) atoms. The maximum absolute atomic E-state index is 14.4. The lowest BCUT2D eigenvalue weighted by molar-refractivity contribution is -0.152. The van der Waals surface area contributed by atoms with Crippen LogP contribution < -0.4 is 5.32 Å². The molecule has 0 bridgehead atoms. The predicted octanol–water partition coefficient (Wildman–Crippen LogP) is 7.76. The van der Waals surface area contributed by atoms with Crippen molar-refractivity contribution in [3.63, 3.8) is 0 Å². The highest BCUT2D eigenvalue weighted by atomic mass is 35.5. The number of carboxylic acid groups (broad SMARTS) is 1. The average Bonchev–Trinajstić information content (AvgIpc) is 3.50. The first-order valence-electron chi connectivity index (χ1n) is 14.4. The lowest BCUT2D eigenvalue weighted by Crippen LogP contribution is -2.43. The average molecular weight is 629 g/mol. The Balaban J connectivity index is 1.40. The first kappa shape index (κ1) is 30.9. The highest BCUT2D eigenvalue weighted by Crippen LogP contribution is 2.57. The molecule has 12 heteroatoms. The Bertz CT molecular complexity index is 1350. The molecule has 1 spiro atoms. The van der Waals surface area contributed by atoms with E-state index in [1.54, 1.807) is 25.1 Å². The number of aromatic nitrogens is 2. The number of carbonyl (C=O) groups excluding carboxylic acids is 2. The number of hydrogen-bond acceptors (Lipinski definition) is 4. The van der Waals surface area contributed by atoms with Crippen LogP contribution in [-0.2, 0) is 11.0 Å². The summed E-state index contributed by atoms with van der Waals surface area (Å²) in [5.74, 6) is -2.42. The van der Waals surface area contributed by atoms with Crippen LogP contribution in [0.4, 0.5) is 13.2 Å². The van der Waals surface area contributed by atoms with Gasteiger partial charge in [-0.2, -0.15) is 18.3 Å². The second kappa shape index (κ2) is 11.5. The van der Waals surface area contributed by atoms with Gasteiger partial charge in [0.15, 0.2) is 11.5 Å². The summed E-state index contributed by atoms with van der Waals surface area (Å²) < 4.78 is 44.1. The van der Waals surface area contributed by atoms with E-state index in [9.17, 15) is 32.7 Å². The van der Waals surface area contributed by atoms with Gasteiger partial charge in [0.2, 0.25) is 0 Å². The van der Waals surface area contributed by atoms with Gasteiger partial charge in [-0.25, -0.2) is 0 Å². The van der Waals surface area contributed by atoms with Gasteiger partial charge in [0.1, 0.15) is 0 Å². The molecule has 1 heterocycles. The Morgan fingerprint density at radius 2 is 1.64 bits per heavy atom. The number of alkyl halides is 3. The van der Waals surface area contributed by atoms with Crippen molar-refractivity contribution >= 4 is 40.9 Å². The normalized spacial score (nSPS) is 24.8. The van der Waals surface area contributed by atoms with E-state index in [2.05, 4.69) is 10.4 Å². The number of ketones is 1. The molecule has 1 atom stereocenters. The van der Waals surface area contributed by atoms with E-state index >= 15 is 0 Å². The SMILES string of the molecule is CC1(C(=O)O)CCC(n2ncc(C(=O)NC(CC(=O)c3c(Cl)cccc3Cl)C3CCC4(CC3)CC4)c2C(F)(F)F)CC1. The molecule has 0 saturated heterocycles. The van der Waals surface area contributed by atoms with Crippen LogP contribution in [0, 0.1) is 16.7 Å². The number of hydrogen-bond donors (Lipinski definition) is 2. The predicted molar refractivity (Wildman–Crippen MR) is 151 cm³/mol. The van der Waals surface area contributed by atoms with E-state index in [4.69, 9.17) is 23.2 Å². The van der Waals surface area contributed by atoms with Crippen LogP contribution in [0.25, 0.3) is 0 Å². The lowest BCUT2D eigenvalue weighted by atomic mass is 9.74. The van der Waals surface area contributed by atoms with Crippen molar-refractivity contribution in [2.45, 2.75) is 95.8 Å². The van der Waals surface area contributed by atoms with Gasteiger partial charge in [-0.3, -0.25) is 19.1 Å². The van der Waals surface area contributed by atoms with Gasteiger partial charge in [-0.05, 0) is 94.6 Å². The Hall–Kier alpha value is -2.59. The summed E-state index contributed by atoms with van der Waals surface area (Å²) in [5.41, 5.74) is -2.32. The minimum atomic E-state index is -4.88. The molecule has 1 amide bonds. The van der Waals surface area contributed by atoms with Gasteiger partial charge in [0.25, 0.3) is 5.91 Å². The molecule has 0 aliphatic heterocycles. The van der Waals surface area contributed by atoms with Crippen LogP contribution >= 0.6 is 23.2 Å². The summed E-state index contributed by atoms with van der Waals surface area (Å²) in [6, 6.07) is 3.29. The van der Waals surface area contributed by atoms with Crippen LogP contribution in [0.5, 0.6) is 0 Å². The summed E-state index contributed by atoms with van der Waals surface area (Å²) >= 11 is 12.5. The summed E-state index contributed by atoms with van der Waals surface area (Å²) in [6.07, 6.45) is 2.39. The molecule has 2 N–H and O–H groups in total. The van der Waals surface area contributed by atoms with Crippen molar-refractivity contribution in [1.29, 1.82) is 0 Å². The number of benzene rings is 1. The van der Waals surface area contributed by atoms with Crippen LogP contribution in [0.1, 0.15) is 110 Å². The summed E-state index contributed by atoms with van der Waals surface area (Å²) in [7, 11) is 0. The fraction of sp³-hybridized carbons (Fsp3) is 0.600. The van der Waals surface area contributed by atoms with Crippen molar-refractivity contribution in [3.05, 3.63) is 51.3 Å². The minimum Gasteiger partial charge on any atom is -0.481 e. The molecule has 7 nitrogen and oxygen atoms in total. The number of halogens is 5. The Morgan fingerprint density at radius 1 is 1.05 bits per heavy atom. The van der Waals surface area contributed by atoms with Crippen molar-refractivity contribution in [1.82, 2.24) is 15.1 Å². The van der Waals surface area contributed by atoms with Gasteiger partial charge < -0.3 is 10.4 Å². The number of Topliss-reactive ketones (excluding diaryl/α,β-unsaturated/α-hetero) is 1. The third-order valence-corrected chi connectivity index (χ3v) is 10.4. The van der Waals surface area contributed by atoms with E-state index in [1.807, 2.05) is 0 Å². The molecule has 1 aromatic carbocycles. The molecule has 2 aromatic rings. The number of amides is 1. The maximum atomic E-state index is 14.4. The van der Waals surface area contributed by atoms with E-state index in [0.717, 1.165) is 49.4 Å². The van der Waals surface area contributed by atoms with E-state index in [-0.39, 0.29) is 53.6 Å². The fourth-order valence-corrected chi connectivity index (χ4v) is 7.37. The van der Waals surface area contributed by atoms with Gasteiger partial charge in [0.05, 0.1) is 38.8 Å². The quantitative estimate of drug-likeness (QED) is 0.291. The largest absolute Gasteiger partial charge is 0.481 e. The lowest BCUT2D eigenvalue weighted by Gasteiger charge is -2.35. The summed E-state index contributed by atoms with van der Waals surface area (Å²) in [5, 5.41) is 16.6. The van der Waals surface area contributed by atoms with Crippen LogP contribution in [0.2, 0.25) is 10.0 Å². The second-order valence-corrected chi connectivity index (χ2v) is 13.4. The Labute approximate surface area is 252 Å². The highest BCUT2D eigenvalue weighted by molar-refractivity contribution is 6.39. The molecular formula is C30H34Cl2F3N3O4. The third-order valence-electron chi connectivity index (χ3n) is 9.81. The van der Waals surface area contributed by atoms with E-state index in [0.29, 0.717) is 5.41 Å². The first-order valence-corrected chi connectivity index (χ1v) is 15.1. The highest BCUT2D eigenvalue weighted by Gasteiger charge is 2.47. The molecule has 3 saturated carbocycles. The van der Waals surface area contributed by atoms with Gasteiger partial charge in [-0.1, -0.05) is 29.3 Å². The standard InChI is InChI=1S/C30H34Cl2F3N3O4/c1-28(27(41)42)9-7-18(8-10-28)38-25(30(33,34)35)19(16-36-38)26(40)37-22(17-5-11-29(12-6-17)13-14-29)15-23(39)24-20(31)3-2-4-21(24)32/h2-4,16-18,22H,5-15H2,1H3,(H,37,40)(H,41,42). The minimum absolute atomic E-state index is 0.0955. The van der Waals surface area contributed by atoms with E-state index < -0.39 is 52.6 Å². The van der Waals surface area contributed by atoms with Gasteiger partial charge >= 0.3 is 12.1 Å². The third kappa shape index (κ3) is 6.20. The zero-order chi connectivity index (χ0) is 30.4. The van der Waals surface area contributed by atoms with Gasteiger partial charge in [-0.15, -0.1) is 0 Å². The molecule has 0 radical (unpaired) electrons. The number of nitrogens with zero attached hydrogens (tertiary/aromatic N) is 2. The van der Waals surface area contributed by atoms with Crippen molar-refractivity contribution in [2.75, 3.05) is 0 Å². The van der Waals surface area contributed by atoms with Crippen molar-refractivity contribution < 1.29 is 32.7 Å². The monoisotopic (exact) mass is 627 g/mol. The smallest absolute Gasteiger partial charge is 0.433 e. The van der Waals surface area contributed by atoms with E-state index in [1.165, 1.54) is 0 Å². The molecule has 3 fully saturated rings. The molecular weight excluding hydrogens is 594 g/mol. The summed E-state index contributed by atoms with van der Waals surface area (Å²) in [6.45, 7) is 1.59. The molecule has 1 unspecified atom stereocenters. The zero-order valence-corrected chi connectivity index (χ0v) is 24.8. The fourth-order valence-electron chi connectivity index (χ4n) is 6.77. The summed E-state index contributed by atoms with van der Waals surface area (Å²) in [4.78, 5) is 38.5. The number of carboxylic acids is 1. The number of rotatable bonds is 8. The number of aliphatic carboxylic acids is 1. The molecule has 3 aliphatic rings. The van der Waals surface area contributed by atoms with Crippen LogP contribution in [-0.4, -0.2) is 38.6 Å². The zero-order valence-electron chi connectivity index (χ0n) is 23.3. The molecule has 1 aromatic heterocycles. The number of nitrogens with one attached hydrogen (secondary N) is 1. The maximum Gasteiger partial charge on any atom is 0.433 e.